The lowest BCUT2D eigenvalue weighted by molar-refractivity contribution is -0.140. The topological polar surface area (TPSA) is 69.1 Å². The monoisotopic (exact) mass is 222 g/mol. The Balaban J connectivity index is 3.55. The van der Waals surface area contributed by atoms with Crippen LogP contribution >= 0.6 is 0 Å². The first-order valence-corrected chi connectivity index (χ1v) is 3.69. The quantitative estimate of drug-likeness (QED) is 0.558. The number of hydrogen-bond acceptors (Lipinski definition) is 2. The lowest BCUT2D eigenvalue weighted by Gasteiger charge is -2.12. The van der Waals surface area contributed by atoms with Gasteiger partial charge >= 0.3 is 6.18 Å². The van der Waals surface area contributed by atoms with E-state index in [2.05, 4.69) is 5.73 Å². The lowest BCUT2D eigenvalue weighted by Crippen LogP contribution is -2.20. The second kappa shape index (κ2) is 3.41. The first-order chi connectivity index (χ1) is 6.73. The largest absolute Gasteiger partial charge is 0.420 e. The normalized spacial score (nSPS) is 11.5. The molecule has 0 saturated heterocycles. The third-order valence-corrected chi connectivity index (χ3v) is 1.66. The zero-order valence-corrected chi connectivity index (χ0v) is 7.23. The molecule has 0 aromatic heterocycles. The van der Waals surface area contributed by atoms with E-state index in [4.69, 9.17) is 5.73 Å². The fourth-order valence-electron chi connectivity index (χ4n) is 1.11. The summed E-state index contributed by atoms with van der Waals surface area (Å²) in [6, 6.07) is 1.17. The van der Waals surface area contributed by atoms with Crippen LogP contribution in [0.25, 0.3) is 0 Å². The van der Waals surface area contributed by atoms with E-state index in [1.54, 1.807) is 0 Å². The van der Waals surface area contributed by atoms with Crippen molar-refractivity contribution in [1.29, 1.82) is 0 Å². The van der Waals surface area contributed by atoms with Gasteiger partial charge in [0.1, 0.15) is 11.4 Å². The van der Waals surface area contributed by atoms with Crippen molar-refractivity contribution in [2.24, 2.45) is 5.73 Å². The highest BCUT2D eigenvalue weighted by Crippen LogP contribution is 2.35. The van der Waals surface area contributed by atoms with Gasteiger partial charge in [0, 0.05) is 5.69 Å². The summed E-state index contributed by atoms with van der Waals surface area (Å²) in [5.41, 5.74) is 6.82. The maximum atomic E-state index is 13.0. The van der Waals surface area contributed by atoms with Gasteiger partial charge in [-0.3, -0.25) is 4.79 Å². The molecule has 1 aromatic carbocycles. The minimum atomic E-state index is -4.98. The van der Waals surface area contributed by atoms with Crippen molar-refractivity contribution < 1.29 is 22.4 Å². The fraction of sp³-hybridized carbons (Fsp3) is 0.125. The molecule has 0 radical (unpaired) electrons. The molecule has 0 bridgehead atoms. The average Bonchev–Trinajstić information content (AvgIpc) is 1.99. The molecule has 3 nitrogen and oxygen atoms in total. The summed E-state index contributed by atoms with van der Waals surface area (Å²) < 4.78 is 49.9. The van der Waals surface area contributed by atoms with Crippen molar-refractivity contribution >= 4 is 11.6 Å². The number of benzene rings is 1. The summed E-state index contributed by atoms with van der Waals surface area (Å²) in [5.74, 6) is -3.00. The molecule has 1 aromatic rings. The van der Waals surface area contributed by atoms with Crippen LogP contribution in [-0.2, 0) is 6.18 Å². The number of halogens is 4. The number of nitrogens with two attached hydrogens (primary N) is 2. The third-order valence-electron chi connectivity index (χ3n) is 1.66. The van der Waals surface area contributed by atoms with Crippen molar-refractivity contribution in [3.05, 3.63) is 29.1 Å². The molecule has 4 N–H and O–H groups in total. The van der Waals surface area contributed by atoms with Gasteiger partial charge in [-0.1, -0.05) is 0 Å². The Morgan fingerprint density at radius 1 is 1.27 bits per heavy atom. The van der Waals surface area contributed by atoms with E-state index < -0.39 is 29.0 Å². The number of rotatable bonds is 1. The second-order valence-electron chi connectivity index (χ2n) is 2.79. The van der Waals surface area contributed by atoms with Crippen LogP contribution in [-0.4, -0.2) is 5.91 Å². The predicted molar refractivity (Wildman–Crippen MR) is 44.3 cm³/mol. The second-order valence-corrected chi connectivity index (χ2v) is 2.79. The highest BCUT2D eigenvalue weighted by Gasteiger charge is 2.38. The smallest absolute Gasteiger partial charge is 0.399 e. The Hall–Kier alpha value is -1.79. The summed E-state index contributed by atoms with van der Waals surface area (Å²) in [5, 5.41) is 0. The van der Waals surface area contributed by atoms with Crippen molar-refractivity contribution in [3.63, 3.8) is 0 Å². The molecule has 1 amide bonds. The first-order valence-electron chi connectivity index (χ1n) is 3.69. The van der Waals surface area contributed by atoms with Crippen LogP contribution in [0.3, 0.4) is 0 Å². The van der Waals surface area contributed by atoms with Gasteiger partial charge in [0.2, 0.25) is 5.91 Å². The van der Waals surface area contributed by atoms with Gasteiger partial charge in [-0.25, -0.2) is 4.39 Å². The Morgan fingerprint density at radius 2 is 1.80 bits per heavy atom. The molecule has 15 heavy (non-hydrogen) atoms. The van der Waals surface area contributed by atoms with Gasteiger partial charge in [-0.15, -0.1) is 0 Å². The summed E-state index contributed by atoms with van der Waals surface area (Å²) >= 11 is 0. The van der Waals surface area contributed by atoms with Crippen LogP contribution in [0.4, 0.5) is 23.2 Å². The zero-order valence-electron chi connectivity index (χ0n) is 7.23. The zero-order chi connectivity index (χ0) is 11.8. The molecule has 7 heteroatoms. The van der Waals surface area contributed by atoms with E-state index in [-0.39, 0.29) is 5.69 Å². The van der Waals surface area contributed by atoms with Crippen molar-refractivity contribution in [3.8, 4) is 0 Å². The van der Waals surface area contributed by atoms with Gasteiger partial charge in [0.05, 0.1) is 5.56 Å². The van der Waals surface area contributed by atoms with Crippen LogP contribution in [0.1, 0.15) is 15.9 Å². The third kappa shape index (κ3) is 2.17. The Bertz CT molecular complexity index is 414. The minimum Gasteiger partial charge on any atom is -0.399 e. The van der Waals surface area contributed by atoms with E-state index in [0.29, 0.717) is 12.1 Å². The average molecular weight is 222 g/mol. The highest BCUT2D eigenvalue weighted by molar-refractivity contribution is 5.95. The Morgan fingerprint density at radius 3 is 2.20 bits per heavy atom. The minimum absolute atomic E-state index is 0.297. The van der Waals surface area contributed by atoms with Gasteiger partial charge in [0.25, 0.3) is 0 Å². The number of nitrogen functional groups attached to an aromatic ring is 1. The van der Waals surface area contributed by atoms with E-state index in [9.17, 15) is 22.4 Å². The molecular formula is C8H6F4N2O. The van der Waals surface area contributed by atoms with Crippen LogP contribution in [0, 0.1) is 5.82 Å². The summed E-state index contributed by atoms with van der Waals surface area (Å²) in [7, 11) is 0. The molecule has 0 spiro atoms. The molecular weight excluding hydrogens is 216 g/mol. The number of carbonyl (C=O) groups is 1. The summed E-state index contributed by atoms with van der Waals surface area (Å²) in [6.07, 6.45) is -4.98. The van der Waals surface area contributed by atoms with Crippen LogP contribution in [0.15, 0.2) is 12.1 Å². The van der Waals surface area contributed by atoms with E-state index in [1.165, 1.54) is 0 Å². The SMILES string of the molecule is NC(=O)c1cc(N)cc(F)c1C(F)(F)F. The molecule has 0 aliphatic rings. The van der Waals surface area contributed by atoms with E-state index >= 15 is 0 Å². The number of anilines is 1. The molecule has 0 aliphatic heterocycles. The fourth-order valence-corrected chi connectivity index (χ4v) is 1.11. The molecule has 0 aliphatic carbocycles. The van der Waals surface area contributed by atoms with Crippen molar-refractivity contribution in [1.82, 2.24) is 0 Å². The number of primary amides is 1. The number of alkyl halides is 3. The summed E-state index contributed by atoms with van der Waals surface area (Å²) in [6.45, 7) is 0. The number of amides is 1. The van der Waals surface area contributed by atoms with E-state index in [1.807, 2.05) is 0 Å². The Kier molecular flexibility index (Phi) is 2.57. The molecule has 0 saturated carbocycles. The predicted octanol–water partition coefficient (Wildman–Crippen LogP) is 1.53. The maximum Gasteiger partial charge on any atom is 0.420 e. The maximum absolute atomic E-state index is 13.0. The van der Waals surface area contributed by atoms with Gasteiger partial charge in [0.15, 0.2) is 0 Å². The van der Waals surface area contributed by atoms with Crippen LogP contribution < -0.4 is 11.5 Å². The van der Waals surface area contributed by atoms with Crippen molar-refractivity contribution in [2.45, 2.75) is 6.18 Å². The molecule has 1 rings (SSSR count). The molecule has 82 valence electrons. The molecule has 0 atom stereocenters. The van der Waals surface area contributed by atoms with Crippen LogP contribution in [0.2, 0.25) is 0 Å². The lowest BCUT2D eigenvalue weighted by atomic mass is 10.0. The molecule has 0 fully saturated rings. The Labute approximate surface area is 81.7 Å². The molecule has 0 unspecified atom stereocenters. The van der Waals surface area contributed by atoms with Gasteiger partial charge < -0.3 is 11.5 Å². The standard InChI is InChI=1S/C8H6F4N2O/c9-5-2-3(13)1-4(7(14)15)6(5)8(10,11)12/h1-2H,13H2,(H2,14,15). The molecule has 0 heterocycles. The van der Waals surface area contributed by atoms with Gasteiger partial charge in [-0.05, 0) is 12.1 Å². The van der Waals surface area contributed by atoms with Crippen LogP contribution in [0.5, 0.6) is 0 Å². The van der Waals surface area contributed by atoms with E-state index in [0.717, 1.165) is 0 Å². The van der Waals surface area contributed by atoms with Crippen molar-refractivity contribution in [2.75, 3.05) is 5.73 Å². The number of hydrogen-bond donors (Lipinski definition) is 2. The summed E-state index contributed by atoms with van der Waals surface area (Å²) in [4.78, 5) is 10.7. The highest BCUT2D eigenvalue weighted by atomic mass is 19.4. The van der Waals surface area contributed by atoms with Gasteiger partial charge in [-0.2, -0.15) is 13.2 Å². The number of carbonyl (C=O) groups excluding carboxylic acids is 1. The first kappa shape index (κ1) is 11.3.